The second-order valence-electron chi connectivity index (χ2n) is 3.74. The molecule has 0 fully saturated rings. The smallest absolute Gasteiger partial charge is 0.149 e. The lowest BCUT2D eigenvalue weighted by Gasteiger charge is -2.09. The van der Waals surface area contributed by atoms with E-state index in [1.54, 1.807) is 6.20 Å². The molecule has 0 aliphatic heterocycles. The Morgan fingerprint density at radius 1 is 1.33 bits per heavy atom. The quantitative estimate of drug-likeness (QED) is 0.874. The van der Waals surface area contributed by atoms with Crippen LogP contribution in [0.15, 0.2) is 28.9 Å². The highest BCUT2D eigenvalue weighted by Crippen LogP contribution is 2.24. The van der Waals surface area contributed by atoms with Gasteiger partial charge in [-0.25, -0.2) is 8.78 Å². The highest BCUT2D eigenvalue weighted by molar-refractivity contribution is 9.10. The van der Waals surface area contributed by atoms with Gasteiger partial charge in [0.25, 0.3) is 0 Å². The summed E-state index contributed by atoms with van der Waals surface area (Å²) in [5.41, 5.74) is 1.20. The Morgan fingerprint density at radius 2 is 2.11 bits per heavy atom. The van der Waals surface area contributed by atoms with E-state index in [1.807, 2.05) is 17.7 Å². The summed E-state index contributed by atoms with van der Waals surface area (Å²) in [5.74, 6) is -1.23. The van der Waals surface area contributed by atoms with Crippen LogP contribution in [0.3, 0.4) is 0 Å². The van der Waals surface area contributed by atoms with Crippen molar-refractivity contribution < 1.29 is 8.78 Å². The minimum absolute atomic E-state index is 0.232. The minimum Gasteiger partial charge on any atom is -0.377 e. The standard InChI is InChI=1S/C12H12BrF2N3/c1-2-18-8(3-4-17-18)7-16-12-5-9(13)10(14)6-11(12)15/h3-6,16H,2,7H2,1H3. The van der Waals surface area contributed by atoms with E-state index in [9.17, 15) is 8.78 Å². The van der Waals surface area contributed by atoms with Crippen molar-refractivity contribution in [2.75, 3.05) is 5.32 Å². The van der Waals surface area contributed by atoms with Crippen LogP contribution in [0.1, 0.15) is 12.6 Å². The van der Waals surface area contributed by atoms with E-state index in [4.69, 9.17) is 0 Å². The van der Waals surface area contributed by atoms with Crippen molar-refractivity contribution in [3.8, 4) is 0 Å². The summed E-state index contributed by atoms with van der Waals surface area (Å²) in [7, 11) is 0. The van der Waals surface area contributed by atoms with Crippen LogP contribution in [-0.4, -0.2) is 9.78 Å². The van der Waals surface area contributed by atoms with Gasteiger partial charge in [-0.05, 0) is 35.0 Å². The molecule has 2 aromatic rings. The number of benzene rings is 1. The highest BCUT2D eigenvalue weighted by Gasteiger charge is 2.08. The molecule has 0 unspecified atom stereocenters. The van der Waals surface area contributed by atoms with E-state index >= 15 is 0 Å². The molecule has 18 heavy (non-hydrogen) atoms. The van der Waals surface area contributed by atoms with Crippen LogP contribution in [0.25, 0.3) is 0 Å². The van der Waals surface area contributed by atoms with Gasteiger partial charge in [-0.15, -0.1) is 0 Å². The summed E-state index contributed by atoms with van der Waals surface area (Å²) in [4.78, 5) is 0. The number of halogens is 3. The molecule has 0 aliphatic rings. The molecule has 1 N–H and O–H groups in total. The predicted octanol–water partition coefficient (Wildman–Crippen LogP) is 3.56. The van der Waals surface area contributed by atoms with Crippen molar-refractivity contribution in [1.82, 2.24) is 9.78 Å². The molecule has 3 nitrogen and oxygen atoms in total. The monoisotopic (exact) mass is 315 g/mol. The Kier molecular flexibility index (Phi) is 3.96. The van der Waals surface area contributed by atoms with Crippen molar-refractivity contribution >= 4 is 21.6 Å². The van der Waals surface area contributed by atoms with Gasteiger partial charge >= 0.3 is 0 Å². The van der Waals surface area contributed by atoms with Crippen molar-refractivity contribution in [2.24, 2.45) is 0 Å². The van der Waals surface area contributed by atoms with Crippen molar-refractivity contribution in [1.29, 1.82) is 0 Å². The fourth-order valence-electron chi connectivity index (χ4n) is 1.64. The van der Waals surface area contributed by atoms with Gasteiger partial charge in [-0.3, -0.25) is 4.68 Å². The third-order valence-corrected chi connectivity index (χ3v) is 3.18. The molecule has 0 spiro atoms. The largest absolute Gasteiger partial charge is 0.377 e. The summed E-state index contributed by atoms with van der Waals surface area (Å²) in [6, 6.07) is 4.09. The molecule has 6 heteroatoms. The minimum atomic E-state index is -0.614. The van der Waals surface area contributed by atoms with E-state index in [1.165, 1.54) is 6.07 Å². The average molecular weight is 316 g/mol. The molecule has 1 aromatic carbocycles. The van der Waals surface area contributed by atoms with Crippen LogP contribution in [0.5, 0.6) is 0 Å². The molecule has 0 saturated carbocycles. The molecule has 96 valence electrons. The van der Waals surface area contributed by atoms with Crippen LogP contribution >= 0.6 is 15.9 Å². The molecule has 1 aromatic heterocycles. The maximum Gasteiger partial charge on any atom is 0.149 e. The number of rotatable bonds is 4. The third-order valence-electron chi connectivity index (χ3n) is 2.57. The third kappa shape index (κ3) is 2.69. The first-order chi connectivity index (χ1) is 8.61. The Hall–Kier alpha value is -1.43. The van der Waals surface area contributed by atoms with Gasteiger partial charge in [-0.1, -0.05) is 0 Å². The SMILES string of the molecule is CCn1nccc1CNc1cc(Br)c(F)cc1F. The van der Waals surface area contributed by atoms with Crippen molar-refractivity contribution in [3.05, 3.63) is 46.2 Å². The van der Waals surface area contributed by atoms with Crippen molar-refractivity contribution in [3.63, 3.8) is 0 Å². The van der Waals surface area contributed by atoms with Gasteiger partial charge in [0.1, 0.15) is 11.6 Å². The number of anilines is 1. The van der Waals surface area contributed by atoms with Gasteiger partial charge < -0.3 is 5.32 Å². The number of nitrogens with zero attached hydrogens (tertiary/aromatic N) is 2. The first-order valence-electron chi connectivity index (χ1n) is 5.51. The van der Waals surface area contributed by atoms with Crippen LogP contribution in [-0.2, 0) is 13.1 Å². The lowest BCUT2D eigenvalue weighted by Crippen LogP contribution is -2.08. The summed E-state index contributed by atoms with van der Waals surface area (Å²) in [6.45, 7) is 3.16. The number of hydrogen-bond acceptors (Lipinski definition) is 2. The fourth-order valence-corrected chi connectivity index (χ4v) is 1.98. The maximum atomic E-state index is 13.5. The molecule has 0 bridgehead atoms. The number of aryl methyl sites for hydroxylation is 1. The molecule has 0 aliphatic carbocycles. The summed E-state index contributed by atoms with van der Waals surface area (Å²) < 4.78 is 28.6. The molecular weight excluding hydrogens is 304 g/mol. The maximum absolute atomic E-state index is 13.5. The van der Waals surface area contributed by atoms with E-state index < -0.39 is 11.6 Å². The zero-order chi connectivity index (χ0) is 13.1. The second-order valence-corrected chi connectivity index (χ2v) is 4.59. The highest BCUT2D eigenvalue weighted by atomic mass is 79.9. The fraction of sp³-hybridized carbons (Fsp3) is 0.250. The summed E-state index contributed by atoms with van der Waals surface area (Å²) in [5, 5.41) is 7.04. The Morgan fingerprint density at radius 3 is 2.83 bits per heavy atom. The first-order valence-corrected chi connectivity index (χ1v) is 6.30. The lowest BCUT2D eigenvalue weighted by molar-refractivity contribution is 0.579. The molecule has 0 saturated heterocycles. The zero-order valence-electron chi connectivity index (χ0n) is 9.75. The van der Waals surface area contributed by atoms with E-state index in [0.717, 1.165) is 18.3 Å². The van der Waals surface area contributed by atoms with E-state index in [2.05, 4.69) is 26.3 Å². The Bertz CT molecular complexity index is 554. The van der Waals surface area contributed by atoms with Gasteiger partial charge in [0, 0.05) is 18.8 Å². The van der Waals surface area contributed by atoms with Crippen molar-refractivity contribution in [2.45, 2.75) is 20.0 Å². The van der Waals surface area contributed by atoms with Gasteiger partial charge in [0.2, 0.25) is 0 Å². The number of nitrogens with one attached hydrogen (secondary N) is 1. The van der Waals surface area contributed by atoms with Gasteiger partial charge in [-0.2, -0.15) is 5.10 Å². The summed E-state index contributed by atoms with van der Waals surface area (Å²) >= 11 is 3.03. The number of hydrogen-bond donors (Lipinski definition) is 1. The predicted molar refractivity (Wildman–Crippen MR) is 69.3 cm³/mol. The first kappa shape index (κ1) is 13.0. The van der Waals surface area contributed by atoms with Crippen LogP contribution < -0.4 is 5.32 Å². The molecule has 1 heterocycles. The molecule has 2 rings (SSSR count). The zero-order valence-corrected chi connectivity index (χ0v) is 11.3. The van der Waals surface area contributed by atoms with Crippen LogP contribution in [0, 0.1) is 11.6 Å². The van der Waals surface area contributed by atoms with Crippen LogP contribution in [0.2, 0.25) is 0 Å². The second kappa shape index (κ2) is 5.48. The van der Waals surface area contributed by atoms with Crippen LogP contribution in [0.4, 0.5) is 14.5 Å². The normalized spacial score (nSPS) is 10.7. The number of aromatic nitrogens is 2. The Labute approximate surface area is 112 Å². The van der Waals surface area contributed by atoms with Gasteiger partial charge in [0.05, 0.1) is 22.4 Å². The molecule has 0 amide bonds. The average Bonchev–Trinajstić information content (AvgIpc) is 2.79. The van der Waals surface area contributed by atoms with E-state index in [-0.39, 0.29) is 10.2 Å². The van der Waals surface area contributed by atoms with Gasteiger partial charge in [0.15, 0.2) is 0 Å². The molecule has 0 atom stereocenters. The molecule has 0 radical (unpaired) electrons. The molecular formula is C12H12BrF2N3. The Balaban J connectivity index is 2.13. The summed E-state index contributed by atoms with van der Waals surface area (Å²) in [6.07, 6.45) is 1.69. The van der Waals surface area contributed by atoms with E-state index in [0.29, 0.717) is 6.54 Å². The topological polar surface area (TPSA) is 29.9 Å². The lowest BCUT2D eigenvalue weighted by atomic mass is 10.3.